The summed E-state index contributed by atoms with van der Waals surface area (Å²) in [5.74, 6) is -0.128. The molecule has 0 aliphatic heterocycles. The number of hydrogen-bond acceptors (Lipinski definition) is 7. The smallest absolute Gasteiger partial charge is 0.311 e. The van der Waals surface area contributed by atoms with Gasteiger partial charge in [0.05, 0.1) is 12.1 Å². The first kappa shape index (κ1) is 20.4. The van der Waals surface area contributed by atoms with E-state index in [4.69, 9.17) is 4.74 Å². The third-order valence-electron chi connectivity index (χ3n) is 4.40. The summed E-state index contributed by atoms with van der Waals surface area (Å²) < 4.78 is 5.40. The molecule has 0 radical (unpaired) electrons. The van der Waals surface area contributed by atoms with E-state index in [1.165, 1.54) is 11.3 Å². The SMILES string of the molecule is O=C(CCC(=O)c1ccccc1)Oc1cccc(Nc2nc(-c3ccccn3)cs2)c1. The van der Waals surface area contributed by atoms with Crippen molar-refractivity contribution in [3.63, 3.8) is 0 Å². The van der Waals surface area contributed by atoms with Crippen molar-refractivity contribution in [3.8, 4) is 17.1 Å². The third-order valence-corrected chi connectivity index (χ3v) is 5.16. The van der Waals surface area contributed by atoms with Crippen molar-refractivity contribution in [2.75, 3.05) is 5.32 Å². The minimum atomic E-state index is -0.451. The number of Topliss-reactive ketones (excluding diaryl/α,β-unsaturated/α-hetero) is 1. The quantitative estimate of drug-likeness (QED) is 0.226. The number of nitrogens with one attached hydrogen (secondary N) is 1. The van der Waals surface area contributed by atoms with Gasteiger partial charge < -0.3 is 10.1 Å². The predicted octanol–water partition coefficient (Wildman–Crippen LogP) is 5.52. The van der Waals surface area contributed by atoms with Crippen LogP contribution in [0.15, 0.2) is 84.4 Å². The number of ether oxygens (including phenoxy) is 1. The normalized spacial score (nSPS) is 10.5. The van der Waals surface area contributed by atoms with Gasteiger partial charge in [0.25, 0.3) is 0 Å². The fourth-order valence-electron chi connectivity index (χ4n) is 2.89. The van der Waals surface area contributed by atoms with Gasteiger partial charge in [0, 0.05) is 35.3 Å². The second-order valence-electron chi connectivity index (χ2n) is 6.67. The molecule has 7 heteroatoms. The molecule has 0 fully saturated rings. The van der Waals surface area contributed by atoms with Crippen LogP contribution in [-0.4, -0.2) is 21.7 Å². The van der Waals surface area contributed by atoms with Crippen molar-refractivity contribution in [1.82, 2.24) is 9.97 Å². The molecule has 0 atom stereocenters. The highest BCUT2D eigenvalue weighted by Crippen LogP contribution is 2.27. The number of rotatable bonds is 8. The number of pyridine rings is 1. The van der Waals surface area contributed by atoms with Crippen LogP contribution in [0.4, 0.5) is 10.8 Å². The second-order valence-corrected chi connectivity index (χ2v) is 7.53. The van der Waals surface area contributed by atoms with E-state index in [1.807, 2.05) is 35.7 Å². The van der Waals surface area contributed by atoms with Crippen molar-refractivity contribution in [2.45, 2.75) is 12.8 Å². The maximum atomic E-state index is 12.2. The van der Waals surface area contributed by atoms with Crippen LogP contribution in [0.2, 0.25) is 0 Å². The van der Waals surface area contributed by atoms with Crippen molar-refractivity contribution < 1.29 is 14.3 Å². The van der Waals surface area contributed by atoms with Crippen LogP contribution >= 0.6 is 11.3 Å². The Balaban J connectivity index is 1.33. The van der Waals surface area contributed by atoms with E-state index in [0.29, 0.717) is 16.4 Å². The zero-order valence-electron chi connectivity index (χ0n) is 16.5. The Morgan fingerprint density at radius 3 is 2.55 bits per heavy atom. The summed E-state index contributed by atoms with van der Waals surface area (Å²) >= 11 is 1.46. The van der Waals surface area contributed by atoms with E-state index in [-0.39, 0.29) is 18.6 Å². The molecule has 31 heavy (non-hydrogen) atoms. The minimum absolute atomic E-state index is 0.0191. The van der Waals surface area contributed by atoms with Crippen molar-refractivity contribution >= 4 is 33.9 Å². The minimum Gasteiger partial charge on any atom is -0.426 e. The fraction of sp³-hybridized carbons (Fsp3) is 0.0833. The largest absolute Gasteiger partial charge is 0.426 e. The number of carbonyl (C=O) groups is 2. The first-order valence-electron chi connectivity index (χ1n) is 9.70. The topological polar surface area (TPSA) is 81.2 Å². The average Bonchev–Trinajstić information content (AvgIpc) is 3.27. The molecule has 154 valence electrons. The van der Waals surface area contributed by atoms with E-state index in [0.717, 1.165) is 17.1 Å². The summed E-state index contributed by atoms with van der Waals surface area (Å²) in [5, 5.41) is 5.85. The lowest BCUT2D eigenvalue weighted by molar-refractivity contribution is -0.134. The molecule has 0 aliphatic carbocycles. The molecule has 4 rings (SSSR count). The van der Waals surface area contributed by atoms with Gasteiger partial charge in [-0.3, -0.25) is 14.6 Å². The molecule has 0 saturated carbocycles. The number of thiazole rings is 1. The molecule has 2 aromatic heterocycles. The maximum Gasteiger partial charge on any atom is 0.311 e. The molecule has 0 saturated heterocycles. The summed E-state index contributed by atoms with van der Waals surface area (Å²) in [6.45, 7) is 0. The van der Waals surface area contributed by atoms with Crippen molar-refractivity contribution in [1.29, 1.82) is 0 Å². The summed E-state index contributed by atoms with van der Waals surface area (Å²) in [5.41, 5.74) is 2.93. The number of aromatic nitrogens is 2. The predicted molar refractivity (Wildman–Crippen MR) is 121 cm³/mol. The second kappa shape index (κ2) is 9.77. The summed E-state index contributed by atoms with van der Waals surface area (Å²) in [4.78, 5) is 33.1. The van der Waals surface area contributed by atoms with Crippen LogP contribution < -0.4 is 10.1 Å². The lowest BCUT2D eigenvalue weighted by Crippen LogP contribution is -2.11. The number of esters is 1. The molecule has 2 heterocycles. The molecule has 0 bridgehead atoms. The number of carbonyl (C=O) groups excluding carboxylic acids is 2. The first-order chi connectivity index (χ1) is 15.2. The van der Waals surface area contributed by atoms with Gasteiger partial charge in [0.1, 0.15) is 11.4 Å². The van der Waals surface area contributed by atoms with Gasteiger partial charge in [-0.2, -0.15) is 0 Å². The Hall–Kier alpha value is -3.84. The van der Waals surface area contributed by atoms with Gasteiger partial charge in [-0.05, 0) is 24.3 Å². The molecule has 2 aromatic carbocycles. The standard InChI is InChI=1S/C24H19N3O3S/c28-22(17-7-2-1-3-8-17)12-13-23(29)30-19-10-6-9-18(15-19)26-24-27-21(16-31-24)20-11-4-5-14-25-20/h1-11,14-16H,12-13H2,(H,26,27). The van der Waals surface area contributed by atoms with E-state index < -0.39 is 5.97 Å². The summed E-state index contributed by atoms with van der Waals surface area (Å²) in [6, 6.07) is 21.7. The van der Waals surface area contributed by atoms with Crippen molar-refractivity contribution in [2.24, 2.45) is 0 Å². The highest BCUT2D eigenvalue weighted by Gasteiger charge is 2.11. The zero-order valence-corrected chi connectivity index (χ0v) is 17.3. The summed E-state index contributed by atoms with van der Waals surface area (Å²) in [7, 11) is 0. The molecule has 4 aromatic rings. The van der Waals surface area contributed by atoms with E-state index in [9.17, 15) is 9.59 Å². The van der Waals surface area contributed by atoms with Crippen LogP contribution in [0.1, 0.15) is 23.2 Å². The third kappa shape index (κ3) is 5.61. The van der Waals surface area contributed by atoms with Crippen LogP contribution in [0, 0.1) is 0 Å². The Bertz CT molecular complexity index is 1180. The number of benzene rings is 2. The molecular formula is C24H19N3O3S. The van der Waals surface area contributed by atoms with Gasteiger partial charge in [-0.1, -0.05) is 42.5 Å². The van der Waals surface area contributed by atoms with Gasteiger partial charge >= 0.3 is 5.97 Å². The zero-order chi connectivity index (χ0) is 21.5. The van der Waals surface area contributed by atoms with Gasteiger partial charge in [0.2, 0.25) is 0 Å². The molecular weight excluding hydrogens is 410 g/mol. The number of nitrogens with zero attached hydrogens (tertiary/aromatic N) is 2. The molecule has 0 aliphatic rings. The molecule has 0 unspecified atom stereocenters. The Morgan fingerprint density at radius 2 is 1.74 bits per heavy atom. The Kier molecular flexibility index (Phi) is 6.44. The number of anilines is 2. The average molecular weight is 430 g/mol. The van der Waals surface area contributed by atoms with Crippen LogP contribution in [-0.2, 0) is 4.79 Å². The van der Waals surface area contributed by atoms with Crippen LogP contribution in [0.25, 0.3) is 11.4 Å². The van der Waals surface area contributed by atoms with Crippen LogP contribution in [0.3, 0.4) is 0 Å². The lowest BCUT2D eigenvalue weighted by atomic mass is 10.1. The van der Waals surface area contributed by atoms with Crippen molar-refractivity contribution in [3.05, 3.63) is 89.9 Å². The highest BCUT2D eigenvalue weighted by molar-refractivity contribution is 7.14. The Labute approximate surface area is 183 Å². The van der Waals surface area contributed by atoms with Crippen LogP contribution in [0.5, 0.6) is 5.75 Å². The first-order valence-corrected chi connectivity index (χ1v) is 10.6. The van der Waals surface area contributed by atoms with E-state index in [2.05, 4.69) is 15.3 Å². The monoisotopic (exact) mass is 429 g/mol. The number of hydrogen-bond donors (Lipinski definition) is 1. The van der Waals surface area contributed by atoms with Gasteiger partial charge in [0.15, 0.2) is 10.9 Å². The number of ketones is 1. The highest BCUT2D eigenvalue weighted by atomic mass is 32.1. The van der Waals surface area contributed by atoms with E-state index in [1.54, 1.807) is 48.7 Å². The fourth-order valence-corrected chi connectivity index (χ4v) is 3.61. The molecule has 0 spiro atoms. The van der Waals surface area contributed by atoms with Gasteiger partial charge in [-0.15, -0.1) is 11.3 Å². The summed E-state index contributed by atoms with van der Waals surface area (Å²) in [6.07, 6.45) is 1.86. The van der Waals surface area contributed by atoms with E-state index >= 15 is 0 Å². The molecule has 0 amide bonds. The van der Waals surface area contributed by atoms with Gasteiger partial charge in [-0.25, -0.2) is 4.98 Å². The Morgan fingerprint density at radius 1 is 0.903 bits per heavy atom. The lowest BCUT2D eigenvalue weighted by Gasteiger charge is -2.07. The molecule has 6 nitrogen and oxygen atoms in total. The maximum absolute atomic E-state index is 12.2. The molecule has 1 N–H and O–H groups in total.